The third kappa shape index (κ3) is 6.58. The Morgan fingerprint density at radius 1 is 0.761 bits per heavy atom. The summed E-state index contributed by atoms with van der Waals surface area (Å²) in [5, 5.41) is 2.24. The van der Waals surface area contributed by atoms with Crippen molar-refractivity contribution in [2.75, 3.05) is 0 Å². The summed E-state index contributed by atoms with van der Waals surface area (Å²) in [6.45, 7) is 6.14. The Bertz CT molecular complexity index is 1840. The number of benzene rings is 4. The van der Waals surface area contributed by atoms with Crippen LogP contribution >= 0.6 is 11.3 Å². The van der Waals surface area contributed by atoms with Crippen LogP contribution in [-0.2, 0) is 34.0 Å². The molecule has 5 nitrogen and oxygen atoms in total. The maximum atomic E-state index is 7.02. The number of thiazole rings is 1. The summed E-state index contributed by atoms with van der Waals surface area (Å²) < 4.78 is 23.0. The highest BCUT2D eigenvalue weighted by Crippen LogP contribution is 2.43. The van der Waals surface area contributed by atoms with E-state index in [1.165, 1.54) is 15.8 Å². The fraction of sp³-hybridized carbons (Fsp3) is 0.275. The molecule has 2 aromatic heterocycles. The third-order valence-corrected chi connectivity index (χ3v) is 10.1. The molecule has 7 rings (SSSR count). The van der Waals surface area contributed by atoms with E-state index in [0.717, 1.165) is 33.6 Å². The molecule has 5 atom stereocenters. The van der Waals surface area contributed by atoms with Gasteiger partial charge in [0.15, 0.2) is 0 Å². The lowest BCUT2D eigenvalue weighted by Crippen LogP contribution is -2.51. The maximum Gasteiger partial charge on any atom is 0.115 e. The summed E-state index contributed by atoms with van der Waals surface area (Å²) in [5.41, 5.74) is 5.77. The van der Waals surface area contributed by atoms with Crippen LogP contribution < -0.4 is 0 Å². The molecule has 46 heavy (non-hydrogen) atoms. The Hall–Kier alpha value is -4.07. The molecule has 234 valence electrons. The van der Waals surface area contributed by atoms with Gasteiger partial charge in [-0.25, -0.2) is 4.98 Å². The summed E-state index contributed by atoms with van der Waals surface area (Å²) in [6.07, 6.45) is 4.43. The van der Waals surface area contributed by atoms with Gasteiger partial charge in [0.2, 0.25) is 0 Å². The molecule has 0 amide bonds. The van der Waals surface area contributed by atoms with Crippen LogP contribution in [0.15, 0.2) is 128 Å². The first-order chi connectivity index (χ1) is 22.7. The van der Waals surface area contributed by atoms with E-state index in [0.29, 0.717) is 19.8 Å². The average molecular weight is 629 g/mol. The zero-order chi connectivity index (χ0) is 31.3. The zero-order valence-electron chi connectivity index (χ0n) is 26.4. The zero-order valence-corrected chi connectivity index (χ0v) is 27.2. The summed E-state index contributed by atoms with van der Waals surface area (Å²) in [4.78, 5) is 5.99. The van der Waals surface area contributed by atoms with Crippen molar-refractivity contribution in [2.24, 2.45) is 5.92 Å². The molecule has 6 aromatic rings. The SMILES string of the molecule is CC[C@H]1O[C@@H](c2cn(Cc3ncc(-c4ccccc4)s3)c3ccccc23)[C@H](OCc2ccccc2)[C@@H](OCc2ccccc2)[C@@H]1C. The Kier molecular flexibility index (Phi) is 9.40. The van der Waals surface area contributed by atoms with Crippen LogP contribution in [0.1, 0.15) is 48.1 Å². The fourth-order valence-corrected chi connectivity index (χ4v) is 7.57. The standard InChI is InChI=1S/C40H40N2O3S/c1-3-35-28(2)38(43-26-29-15-7-4-8-16-29)40(44-27-30-17-9-5-10-18-30)39(45-35)33-24-42(34-22-14-13-21-32(33)34)25-37-41-23-36(46-37)31-19-11-6-12-20-31/h4-24,28,35,38-40H,3,25-27H2,1-2H3/t28-,35-,38+,39+,40-/m1/s1. The molecular formula is C40H40N2O3S. The highest BCUT2D eigenvalue weighted by molar-refractivity contribution is 7.15. The highest BCUT2D eigenvalue weighted by atomic mass is 32.1. The van der Waals surface area contributed by atoms with E-state index in [9.17, 15) is 0 Å². The normalized spacial score (nSPS) is 21.5. The van der Waals surface area contributed by atoms with Crippen molar-refractivity contribution < 1.29 is 14.2 Å². The minimum absolute atomic E-state index is 0.0388. The summed E-state index contributed by atoms with van der Waals surface area (Å²) in [5.74, 6) is 0.158. The van der Waals surface area contributed by atoms with Crippen molar-refractivity contribution in [1.29, 1.82) is 0 Å². The first kappa shape index (κ1) is 30.6. The Morgan fingerprint density at radius 2 is 1.37 bits per heavy atom. The molecule has 1 saturated heterocycles. The Morgan fingerprint density at radius 3 is 2.04 bits per heavy atom. The quantitative estimate of drug-likeness (QED) is 0.143. The monoisotopic (exact) mass is 628 g/mol. The molecule has 3 heterocycles. The summed E-state index contributed by atoms with van der Waals surface area (Å²) >= 11 is 1.74. The van der Waals surface area contributed by atoms with Crippen molar-refractivity contribution >= 4 is 22.2 Å². The van der Waals surface area contributed by atoms with Gasteiger partial charge in [0, 0.05) is 34.8 Å². The van der Waals surface area contributed by atoms with E-state index < -0.39 is 0 Å². The van der Waals surface area contributed by atoms with Crippen LogP contribution in [0.5, 0.6) is 0 Å². The first-order valence-electron chi connectivity index (χ1n) is 16.2. The van der Waals surface area contributed by atoms with Gasteiger partial charge in [-0.2, -0.15) is 0 Å². The number of nitrogens with zero attached hydrogens (tertiary/aromatic N) is 2. The first-order valence-corrected chi connectivity index (χ1v) is 17.0. The molecule has 0 spiro atoms. The lowest BCUT2D eigenvalue weighted by molar-refractivity contribution is -0.234. The van der Waals surface area contributed by atoms with E-state index in [-0.39, 0.29) is 30.3 Å². The van der Waals surface area contributed by atoms with Gasteiger partial charge in [-0.15, -0.1) is 11.3 Å². The number of aromatic nitrogens is 2. The minimum atomic E-state index is -0.300. The topological polar surface area (TPSA) is 45.5 Å². The van der Waals surface area contributed by atoms with Gasteiger partial charge in [-0.05, 0) is 29.2 Å². The predicted octanol–water partition coefficient (Wildman–Crippen LogP) is 9.47. The third-order valence-electron chi connectivity index (χ3n) is 9.06. The van der Waals surface area contributed by atoms with Crippen LogP contribution in [0.2, 0.25) is 0 Å². The van der Waals surface area contributed by atoms with E-state index in [2.05, 4.69) is 122 Å². The van der Waals surface area contributed by atoms with Gasteiger partial charge in [-0.1, -0.05) is 123 Å². The second-order valence-electron chi connectivity index (χ2n) is 12.1. The van der Waals surface area contributed by atoms with Gasteiger partial charge in [-0.3, -0.25) is 0 Å². The lowest BCUT2D eigenvalue weighted by Gasteiger charge is -2.45. The fourth-order valence-electron chi connectivity index (χ4n) is 6.65. The highest BCUT2D eigenvalue weighted by Gasteiger charge is 2.46. The average Bonchev–Trinajstić information content (AvgIpc) is 3.73. The second-order valence-corrected chi connectivity index (χ2v) is 13.2. The molecular weight excluding hydrogens is 589 g/mol. The van der Waals surface area contributed by atoms with Crippen molar-refractivity contribution in [3.63, 3.8) is 0 Å². The number of rotatable bonds is 11. The van der Waals surface area contributed by atoms with E-state index in [1.54, 1.807) is 11.3 Å². The van der Waals surface area contributed by atoms with Gasteiger partial charge in [0.05, 0.1) is 36.8 Å². The number of ether oxygens (including phenoxy) is 3. The molecule has 4 aromatic carbocycles. The van der Waals surface area contributed by atoms with Crippen LogP contribution in [0.3, 0.4) is 0 Å². The largest absolute Gasteiger partial charge is 0.370 e. The van der Waals surface area contributed by atoms with E-state index >= 15 is 0 Å². The molecule has 0 aliphatic carbocycles. The van der Waals surface area contributed by atoms with Crippen LogP contribution in [0.4, 0.5) is 0 Å². The van der Waals surface area contributed by atoms with Crippen molar-refractivity contribution in [1.82, 2.24) is 9.55 Å². The predicted molar refractivity (Wildman–Crippen MR) is 186 cm³/mol. The molecule has 0 unspecified atom stereocenters. The molecule has 0 saturated carbocycles. The van der Waals surface area contributed by atoms with Crippen LogP contribution in [0, 0.1) is 5.92 Å². The van der Waals surface area contributed by atoms with Crippen molar-refractivity contribution in [2.45, 2.75) is 64.4 Å². The number of hydrogen-bond donors (Lipinski definition) is 0. The Balaban J connectivity index is 1.24. The minimum Gasteiger partial charge on any atom is -0.370 e. The number of para-hydroxylation sites is 1. The molecule has 0 bridgehead atoms. The van der Waals surface area contributed by atoms with Gasteiger partial charge in [0.25, 0.3) is 0 Å². The molecule has 0 radical (unpaired) electrons. The molecule has 1 aliphatic rings. The smallest absolute Gasteiger partial charge is 0.115 e. The summed E-state index contributed by atoms with van der Waals surface area (Å²) in [7, 11) is 0. The van der Waals surface area contributed by atoms with Crippen LogP contribution in [-0.4, -0.2) is 27.9 Å². The molecule has 1 fully saturated rings. The number of fused-ring (bicyclic) bond motifs is 1. The summed E-state index contributed by atoms with van der Waals surface area (Å²) in [6, 6.07) is 39.9. The second kappa shape index (κ2) is 14.1. The lowest BCUT2D eigenvalue weighted by atomic mass is 9.84. The molecule has 0 N–H and O–H groups in total. The Labute approximate surface area is 275 Å². The molecule has 6 heteroatoms. The number of hydrogen-bond acceptors (Lipinski definition) is 5. The van der Waals surface area contributed by atoms with Gasteiger partial charge < -0.3 is 18.8 Å². The van der Waals surface area contributed by atoms with Gasteiger partial charge in [0.1, 0.15) is 17.2 Å². The molecule has 1 aliphatic heterocycles. The van der Waals surface area contributed by atoms with Gasteiger partial charge >= 0.3 is 0 Å². The van der Waals surface area contributed by atoms with E-state index in [1.807, 2.05) is 24.4 Å². The van der Waals surface area contributed by atoms with Crippen molar-refractivity contribution in [3.8, 4) is 10.4 Å². The van der Waals surface area contributed by atoms with E-state index in [4.69, 9.17) is 19.2 Å². The van der Waals surface area contributed by atoms with Crippen molar-refractivity contribution in [3.05, 3.63) is 149 Å². The maximum absolute atomic E-state index is 7.02. The van der Waals surface area contributed by atoms with Crippen LogP contribution in [0.25, 0.3) is 21.3 Å².